The van der Waals surface area contributed by atoms with Crippen LogP contribution < -0.4 is 10.2 Å². The molecule has 4 rings (SSSR count). The smallest absolute Gasteiger partial charge is 0.358 e. The lowest BCUT2D eigenvalue weighted by Gasteiger charge is -2.37. The van der Waals surface area contributed by atoms with Crippen LogP contribution in [0.5, 0.6) is 0 Å². The Bertz CT molecular complexity index is 1340. The number of aliphatic hydroxyl groups is 1. The van der Waals surface area contributed by atoms with Crippen molar-refractivity contribution in [2.45, 2.75) is 12.6 Å². The van der Waals surface area contributed by atoms with Crippen LogP contribution in [0, 0.1) is 6.92 Å². The number of anilines is 2. The van der Waals surface area contributed by atoms with Crippen LogP contribution in [0.1, 0.15) is 11.1 Å². The molecule has 0 bridgehead atoms. The second kappa shape index (κ2) is 9.44. The van der Waals surface area contributed by atoms with E-state index in [-0.39, 0.29) is 27.0 Å². The minimum absolute atomic E-state index is 0.0684. The van der Waals surface area contributed by atoms with Crippen molar-refractivity contribution in [2.75, 3.05) is 17.3 Å². The SMILES string of the molecule is COC(=O)C1(Nc2c(Cl)cccc2Cl)/C(=C(\O)c2ccc(C)cc2)C(=O)C(=O)N1c1ccccc1. The maximum atomic E-state index is 13.6. The number of aryl methyl sites for hydroxylation is 1. The zero-order valence-corrected chi connectivity index (χ0v) is 20.2. The number of Topliss-reactive ketones (excluding diaryl/α,β-unsaturated/α-hetero) is 1. The number of carbonyl (C=O) groups excluding carboxylic acids is 3. The topological polar surface area (TPSA) is 95.9 Å². The molecule has 0 spiro atoms. The van der Waals surface area contributed by atoms with Gasteiger partial charge in [-0.05, 0) is 31.2 Å². The van der Waals surface area contributed by atoms with Gasteiger partial charge in [-0.15, -0.1) is 0 Å². The van der Waals surface area contributed by atoms with Gasteiger partial charge in [0, 0.05) is 11.3 Å². The van der Waals surface area contributed by atoms with E-state index in [4.69, 9.17) is 27.9 Å². The van der Waals surface area contributed by atoms with Gasteiger partial charge in [0.1, 0.15) is 11.3 Å². The highest BCUT2D eigenvalue weighted by Crippen LogP contribution is 2.44. The number of rotatable bonds is 5. The molecule has 1 amide bonds. The number of methoxy groups -OCH3 is 1. The van der Waals surface area contributed by atoms with E-state index in [0.29, 0.717) is 0 Å². The van der Waals surface area contributed by atoms with Gasteiger partial charge < -0.3 is 15.2 Å². The molecule has 0 aromatic heterocycles. The van der Waals surface area contributed by atoms with Crippen molar-refractivity contribution in [3.63, 3.8) is 0 Å². The number of nitrogens with zero attached hydrogens (tertiary/aromatic N) is 1. The molecule has 0 saturated carbocycles. The molecule has 1 atom stereocenters. The van der Waals surface area contributed by atoms with Crippen LogP contribution in [-0.4, -0.2) is 35.5 Å². The highest BCUT2D eigenvalue weighted by Gasteiger charge is 2.63. The number of amides is 1. The molecule has 178 valence electrons. The Morgan fingerprint density at radius 2 is 1.54 bits per heavy atom. The highest BCUT2D eigenvalue weighted by atomic mass is 35.5. The molecular weight excluding hydrogens is 491 g/mol. The van der Waals surface area contributed by atoms with Gasteiger partial charge in [0.2, 0.25) is 0 Å². The quantitative estimate of drug-likeness (QED) is 0.213. The Kier molecular flexibility index (Phi) is 6.56. The van der Waals surface area contributed by atoms with Crippen molar-refractivity contribution >= 4 is 58.0 Å². The fourth-order valence-electron chi connectivity index (χ4n) is 3.97. The Balaban J connectivity index is 2.10. The van der Waals surface area contributed by atoms with Gasteiger partial charge in [0.25, 0.3) is 11.4 Å². The summed E-state index contributed by atoms with van der Waals surface area (Å²) in [6.07, 6.45) is 0. The first-order valence-electron chi connectivity index (χ1n) is 10.5. The molecule has 0 radical (unpaired) electrons. The monoisotopic (exact) mass is 510 g/mol. The number of ketones is 1. The van der Waals surface area contributed by atoms with E-state index in [2.05, 4.69) is 5.32 Å². The van der Waals surface area contributed by atoms with E-state index in [0.717, 1.165) is 17.6 Å². The zero-order valence-electron chi connectivity index (χ0n) is 18.7. The van der Waals surface area contributed by atoms with Crippen molar-refractivity contribution < 1.29 is 24.2 Å². The summed E-state index contributed by atoms with van der Waals surface area (Å²) in [6, 6.07) is 19.3. The molecule has 0 aliphatic carbocycles. The van der Waals surface area contributed by atoms with Crippen LogP contribution in [0.3, 0.4) is 0 Å². The first kappa shape index (κ1) is 24.3. The van der Waals surface area contributed by atoms with Crippen LogP contribution in [0.15, 0.2) is 78.4 Å². The fraction of sp³-hybridized carbons (Fsp3) is 0.115. The van der Waals surface area contributed by atoms with Gasteiger partial charge in [0.15, 0.2) is 0 Å². The number of carbonyl (C=O) groups is 3. The lowest BCUT2D eigenvalue weighted by Crippen LogP contribution is -2.59. The van der Waals surface area contributed by atoms with Crippen molar-refractivity contribution in [2.24, 2.45) is 0 Å². The maximum absolute atomic E-state index is 13.6. The van der Waals surface area contributed by atoms with Gasteiger partial charge in [-0.3, -0.25) is 14.5 Å². The number of aliphatic hydroxyl groups excluding tert-OH is 1. The molecule has 2 N–H and O–H groups in total. The Hall–Kier alpha value is -3.81. The highest BCUT2D eigenvalue weighted by molar-refractivity contribution is 6.54. The average molecular weight is 511 g/mol. The van der Waals surface area contributed by atoms with E-state index in [1.807, 2.05) is 6.92 Å². The van der Waals surface area contributed by atoms with Gasteiger partial charge in [0.05, 0.1) is 22.8 Å². The molecule has 1 aliphatic heterocycles. The van der Waals surface area contributed by atoms with Crippen LogP contribution in [0.25, 0.3) is 5.76 Å². The van der Waals surface area contributed by atoms with E-state index in [9.17, 15) is 19.5 Å². The molecule has 1 fully saturated rings. The summed E-state index contributed by atoms with van der Waals surface area (Å²) in [7, 11) is 1.11. The van der Waals surface area contributed by atoms with E-state index >= 15 is 0 Å². The standard InChI is InChI=1S/C26H20Cl2N2O5/c1-15-11-13-16(14-12-15)22(31)20-23(32)24(33)30(17-7-4-3-5-8-17)26(20,25(34)35-2)29-21-18(27)9-6-10-19(21)28/h3-14,29,31H,1-2H3/b22-20-. The van der Waals surface area contributed by atoms with Crippen molar-refractivity contribution in [1.82, 2.24) is 0 Å². The van der Waals surface area contributed by atoms with E-state index in [1.54, 1.807) is 60.7 Å². The first-order valence-corrected chi connectivity index (χ1v) is 11.2. The third kappa shape index (κ3) is 4.03. The summed E-state index contributed by atoms with van der Waals surface area (Å²) in [6.45, 7) is 1.86. The van der Waals surface area contributed by atoms with E-state index < -0.39 is 34.7 Å². The Morgan fingerprint density at radius 1 is 0.943 bits per heavy atom. The number of esters is 1. The summed E-state index contributed by atoms with van der Waals surface area (Å²) < 4.78 is 5.09. The predicted molar refractivity (Wildman–Crippen MR) is 134 cm³/mol. The molecule has 7 nitrogen and oxygen atoms in total. The third-order valence-corrected chi connectivity index (χ3v) is 6.28. The first-order chi connectivity index (χ1) is 16.7. The molecular formula is C26H20Cl2N2O5. The summed E-state index contributed by atoms with van der Waals surface area (Å²) in [5.41, 5.74) is -1.43. The molecule has 1 heterocycles. The van der Waals surface area contributed by atoms with E-state index in [1.165, 1.54) is 12.1 Å². The van der Waals surface area contributed by atoms with Crippen LogP contribution in [0.2, 0.25) is 10.0 Å². The summed E-state index contributed by atoms with van der Waals surface area (Å²) in [5, 5.41) is 14.5. The minimum Gasteiger partial charge on any atom is -0.507 e. The predicted octanol–water partition coefficient (Wildman–Crippen LogP) is 5.17. The van der Waals surface area contributed by atoms with Crippen molar-refractivity contribution in [3.05, 3.63) is 99.5 Å². The Labute approximate surface area is 211 Å². The lowest BCUT2D eigenvalue weighted by molar-refractivity contribution is -0.145. The summed E-state index contributed by atoms with van der Waals surface area (Å²) in [5.74, 6) is -3.74. The maximum Gasteiger partial charge on any atom is 0.358 e. The van der Waals surface area contributed by atoms with Crippen LogP contribution >= 0.6 is 23.2 Å². The second-order valence-electron chi connectivity index (χ2n) is 7.82. The normalized spacial score (nSPS) is 19.0. The number of hydrogen-bond donors (Lipinski definition) is 2. The molecule has 1 unspecified atom stereocenters. The number of ether oxygens (including phenoxy) is 1. The molecule has 1 aliphatic rings. The number of para-hydroxylation sites is 2. The zero-order chi connectivity index (χ0) is 25.3. The summed E-state index contributed by atoms with van der Waals surface area (Å²) in [4.78, 5) is 41.4. The largest absolute Gasteiger partial charge is 0.507 e. The molecule has 3 aromatic carbocycles. The van der Waals surface area contributed by atoms with Gasteiger partial charge in [-0.1, -0.05) is 77.3 Å². The van der Waals surface area contributed by atoms with Gasteiger partial charge >= 0.3 is 11.9 Å². The van der Waals surface area contributed by atoms with Crippen LogP contribution in [-0.2, 0) is 19.1 Å². The molecule has 3 aromatic rings. The van der Waals surface area contributed by atoms with Gasteiger partial charge in [-0.2, -0.15) is 0 Å². The number of halogens is 2. The number of hydrogen-bond acceptors (Lipinski definition) is 6. The average Bonchev–Trinajstić information content (AvgIpc) is 3.08. The van der Waals surface area contributed by atoms with Crippen molar-refractivity contribution in [1.29, 1.82) is 0 Å². The number of benzene rings is 3. The molecule has 35 heavy (non-hydrogen) atoms. The number of nitrogens with one attached hydrogen (secondary N) is 1. The Morgan fingerprint density at radius 3 is 2.11 bits per heavy atom. The third-order valence-electron chi connectivity index (χ3n) is 5.65. The fourth-order valence-corrected chi connectivity index (χ4v) is 4.46. The molecule has 9 heteroatoms. The molecule has 1 saturated heterocycles. The van der Waals surface area contributed by atoms with Crippen molar-refractivity contribution in [3.8, 4) is 0 Å². The van der Waals surface area contributed by atoms with Gasteiger partial charge in [-0.25, -0.2) is 4.79 Å². The summed E-state index contributed by atoms with van der Waals surface area (Å²) >= 11 is 12.8. The lowest BCUT2D eigenvalue weighted by atomic mass is 9.93. The van der Waals surface area contributed by atoms with Crippen LogP contribution in [0.4, 0.5) is 11.4 Å². The minimum atomic E-state index is -2.33. The second-order valence-corrected chi connectivity index (χ2v) is 8.63.